The molecule has 0 radical (unpaired) electrons. The lowest BCUT2D eigenvalue weighted by atomic mass is 10.1. The minimum atomic E-state index is -0.165. The van der Waals surface area contributed by atoms with E-state index in [1.165, 1.54) is 44.2 Å². The van der Waals surface area contributed by atoms with Crippen LogP contribution in [0.4, 0.5) is 4.39 Å². The van der Waals surface area contributed by atoms with E-state index >= 15 is 0 Å². The largest absolute Gasteiger partial charge is 0.310 e. The Morgan fingerprint density at radius 1 is 1.12 bits per heavy atom. The fourth-order valence-corrected chi connectivity index (χ4v) is 1.87. The molecule has 0 aromatic heterocycles. The van der Waals surface area contributed by atoms with Gasteiger partial charge in [-0.25, -0.2) is 4.39 Å². The van der Waals surface area contributed by atoms with E-state index in [1.807, 2.05) is 12.1 Å². The highest BCUT2D eigenvalue weighted by Gasteiger charge is 2.01. The Morgan fingerprint density at radius 2 is 1.82 bits per heavy atom. The van der Waals surface area contributed by atoms with Crippen LogP contribution in [0.25, 0.3) is 0 Å². The van der Waals surface area contributed by atoms with E-state index < -0.39 is 0 Å². The summed E-state index contributed by atoms with van der Waals surface area (Å²) in [4.78, 5) is 0. The van der Waals surface area contributed by atoms with Crippen molar-refractivity contribution in [1.82, 2.24) is 5.32 Å². The van der Waals surface area contributed by atoms with Crippen LogP contribution in [0.15, 0.2) is 24.3 Å². The quantitative estimate of drug-likeness (QED) is 0.666. The summed E-state index contributed by atoms with van der Waals surface area (Å²) in [6.45, 7) is 5.28. The van der Waals surface area contributed by atoms with E-state index in [0.29, 0.717) is 6.04 Å². The smallest absolute Gasteiger partial charge is 0.123 e. The topological polar surface area (TPSA) is 12.0 Å². The Hall–Kier alpha value is -0.890. The van der Waals surface area contributed by atoms with Gasteiger partial charge in [-0.05, 0) is 31.0 Å². The van der Waals surface area contributed by atoms with Gasteiger partial charge in [-0.3, -0.25) is 0 Å². The minimum Gasteiger partial charge on any atom is -0.310 e. The number of rotatable bonds is 8. The highest BCUT2D eigenvalue weighted by atomic mass is 19.1. The molecule has 0 amide bonds. The Bertz CT molecular complexity index is 294. The van der Waals surface area contributed by atoms with Crippen LogP contribution in [-0.4, -0.2) is 6.04 Å². The van der Waals surface area contributed by atoms with Crippen LogP contribution in [0.2, 0.25) is 0 Å². The van der Waals surface area contributed by atoms with E-state index in [0.717, 1.165) is 12.1 Å². The molecule has 1 aromatic carbocycles. The van der Waals surface area contributed by atoms with Gasteiger partial charge in [0.25, 0.3) is 0 Å². The fourth-order valence-electron chi connectivity index (χ4n) is 1.87. The maximum absolute atomic E-state index is 12.7. The van der Waals surface area contributed by atoms with Gasteiger partial charge in [-0.1, -0.05) is 44.7 Å². The Morgan fingerprint density at radius 3 is 2.47 bits per heavy atom. The fraction of sp³-hybridized carbons (Fsp3) is 0.600. The van der Waals surface area contributed by atoms with Crippen molar-refractivity contribution in [3.8, 4) is 0 Å². The number of benzene rings is 1. The molecule has 0 fully saturated rings. The van der Waals surface area contributed by atoms with Crippen LogP contribution in [-0.2, 0) is 6.54 Å². The highest BCUT2D eigenvalue weighted by Crippen LogP contribution is 2.07. The molecular formula is C15H24FN. The molecule has 0 heterocycles. The lowest BCUT2D eigenvalue weighted by Crippen LogP contribution is -2.25. The third kappa shape index (κ3) is 6.42. The Balaban J connectivity index is 2.14. The lowest BCUT2D eigenvalue weighted by molar-refractivity contribution is 0.482. The van der Waals surface area contributed by atoms with Gasteiger partial charge in [0.2, 0.25) is 0 Å². The van der Waals surface area contributed by atoms with Crippen molar-refractivity contribution in [1.29, 1.82) is 0 Å². The summed E-state index contributed by atoms with van der Waals surface area (Å²) < 4.78 is 12.7. The predicted octanol–water partition coefficient (Wildman–Crippen LogP) is 4.27. The molecule has 0 aliphatic heterocycles. The molecule has 1 rings (SSSR count). The summed E-state index contributed by atoms with van der Waals surface area (Å²) >= 11 is 0. The average Bonchev–Trinajstić information content (AvgIpc) is 2.34. The first kappa shape index (κ1) is 14.2. The number of hydrogen-bond donors (Lipinski definition) is 1. The van der Waals surface area contributed by atoms with Crippen LogP contribution in [0.5, 0.6) is 0 Å². The third-order valence-corrected chi connectivity index (χ3v) is 3.06. The first-order valence-electron chi connectivity index (χ1n) is 6.70. The molecule has 0 saturated heterocycles. The van der Waals surface area contributed by atoms with Crippen molar-refractivity contribution >= 4 is 0 Å². The van der Waals surface area contributed by atoms with Gasteiger partial charge in [-0.2, -0.15) is 0 Å². The van der Waals surface area contributed by atoms with Crippen LogP contribution >= 0.6 is 0 Å². The molecular weight excluding hydrogens is 213 g/mol. The van der Waals surface area contributed by atoms with E-state index in [9.17, 15) is 4.39 Å². The van der Waals surface area contributed by atoms with Crippen molar-refractivity contribution in [3.05, 3.63) is 35.6 Å². The molecule has 96 valence electrons. The molecule has 1 nitrogen and oxygen atoms in total. The lowest BCUT2D eigenvalue weighted by Gasteiger charge is -2.13. The monoisotopic (exact) mass is 237 g/mol. The zero-order valence-electron chi connectivity index (χ0n) is 11.0. The van der Waals surface area contributed by atoms with Gasteiger partial charge in [0.05, 0.1) is 0 Å². The Labute approximate surface area is 104 Å². The molecule has 1 atom stereocenters. The normalized spacial score (nSPS) is 12.6. The summed E-state index contributed by atoms with van der Waals surface area (Å²) in [5.41, 5.74) is 1.15. The zero-order chi connectivity index (χ0) is 12.5. The summed E-state index contributed by atoms with van der Waals surface area (Å²) in [5, 5.41) is 3.47. The van der Waals surface area contributed by atoms with Crippen LogP contribution < -0.4 is 5.32 Å². The molecule has 0 bridgehead atoms. The molecule has 0 aliphatic carbocycles. The highest BCUT2D eigenvalue weighted by molar-refractivity contribution is 5.15. The second kappa shape index (κ2) is 8.24. The van der Waals surface area contributed by atoms with Gasteiger partial charge >= 0.3 is 0 Å². The first-order chi connectivity index (χ1) is 8.22. The van der Waals surface area contributed by atoms with Crippen molar-refractivity contribution in [2.45, 2.75) is 58.5 Å². The van der Waals surface area contributed by atoms with E-state index in [4.69, 9.17) is 0 Å². The zero-order valence-corrected chi connectivity index (χ0v) is 11.0. The van der Waals surface area contributed by atoms with E-state index in [1.54, 1.807) is 0 Å². The minimum absolute atomic E-state index is 0.165. The van der Waals surface area contributed by atoms with Crippen LogP contribution in [0.3, 0.4) is 0 Å². The number of halogens is 1. The van der Waals surface area contributed by atoms with E-state index in [2.05, 4.69) is 19.2 Å². The number of hydrogen-bond acceptors (Lipinski definition) is 1. The third-order valence-electron chi connectivity index (χ3n) is 3.06. The van der Waals surface area contributed by atoms with Crippen molar-refractivity contribution in [3.63, 3.8) is 0 Å². The molecule has 1 unspecified atom stereocenters. The van der Waals surface area contributed by atoms with Crippen molar-refractivity contribution < 1.29 is 4.39 Å². The molecule has 1 aromatic rings. The van der Waals surface area contributed by atoms with Gasteiger partial charge in [0.1, 0.15) is 5.82 Å². The molecule has 17 heavy (non-hydrogen) atoms. The SMILES string of the molecule is CCCCCCC(C)NCc1ccc(F)cc1. The Kier molecular flexibility index (Phi) is 6.87. The van der Waals surface area contributed by atoms with Crippen LogP contribution in [0.1, 0.15) is 51.5 Å². The maximum Gasteiger partial charge on any atom is 0.123 e. The summed E-state index contributed by atoms with van der Waals surface area (Å²) in [5.74, 6) is -0.165. The summed E-state index contributed by atoms with van der Waals surface area (Å²) in [6.07, 6.45) is 6.48. The number of unbranched alkanes of at least 4 members (excludes halogenated alkanes) is 3. The van der Waals surface area contributed by atoms with Crippen molar-refractivity contribution in [2.75, 3.05) is 0 Å². The second-order valence-corrected chi connectivity index (χ2v) is 4.76. The predicted molar refractivity (Wildman–Crippen MR) is 71.5 cm³/mol. The van der Waals surface area contributed by atoms with Crippen LogP contribution in [0, 0.1) is 5.82 Å². The van der Waals surface area contributed by atoms with E-state index in [-0.39, 0.29) is 5.82 Å². The summed E-state index contributed by atoms with van der Waals surface area (Å²) in [7, 11) is 0. The van der Waals surface area contributed by atoms with Gasteiger partial charge in [0.15, 0.2) is 0 Å². The molecule has 1 N–H and O–H groups in total. The summed E-state index contributed by atoms with van der Waals surface area (Å²) in [6, 6.07) is 7.25. The van der Waals surface area contributed by atoms with Gasteiger partial charge < -0.3 is 5.32 Å². The molecule has 0 spiro atoms. The molecule has 2 heteroatoms. The average molecular weight is 237 g/mol. The maximum atomic E-state index is 12.7. The van der Waals surface area contributed by atoms with Gasteiger partial charge in [0, 0.05) is 12.6 Å². The van der Waals surface area contributed by atoms with Gasteiger partial charge in [-0.15, -0.1) is 0 Å². The van der Waals surface area contributed by atoms with Crippen molar-refractivity contribution in [2.24, 2.45) is 0 Å². The second-order valence-electron chi connectivity index (χ2n) is 4.76. The molecule has 0 aliphatic rings. The first-order valence-corrected chi connectivity index (χ1v) is 6.70. The molecule has 0 saturated carbocycles. The standard InChI is InChI=1S/C15H24FN/c1-3-4-5-6-7-13(2)17-12-14-8-10-15(16)11-9-14/h8-11,13,17H,3-7,12H2,1-2H3. The number of nitrogens with one attached hydrogen (secondary N) is 1.